The summed E-state index contributed by atoms with van der Waals surface area (Å²) in [5.74, 6) is 0. The van der Waals surface area contributed by atoms with E-state index < -0.39 is 0 Å². The number of nitrogens with zero attached hydrogens (tertiary/aromatic N) is 1. The van der Waals surface area contributed by atoms with Crippen LogP contribution in [-0.4, -0.2) is 35.7 Å². The molecule has 2 heteroatoms. The van der Waals surface area contributed by atoms with E-state index in [0.29, 0.717) is 11.6 Å². The molecule has 0 aromatic carbocycles. The highest BCUT2D eigenvalue weighted by molar-refractivity contribution is 5.08. The molecule has 76 valence electrons. The summed E-state index contributed by atoms with van der Waals surface area (Å²) in [6, 6.07) is 0.804. The van der Waals surface area contributed by atoms with Crippen molar-refractivity contribution in [2.45, 2.75) is 57.7 Å². The fourth-order valence-corrected chi connectivity index (χ4v) is 2.95. The Morgan fingerprint density at radius 3 is 2.92 bits per heavy atom. The third kappa shape index (κ3) is 1.50. The summed E-state index contributed by atoms with van der Waals surface area (Å²) in [7, 11) is 0. The van der Waals surface area contributed by atoms with Crippen LogP contribution in [0.4, 0.5) is 0 Å². The van der Waals surface area contributed by atoms with Gasteiger partial charge in [-0.2, -0.15) is 0 Å². The highest BCUT2D eigenvalue weighted by atomic mass is 16.5. The molecule has 2 fully saturated rings. The zero-order chi connectivity index (χ0) is 9.47. The van der Waals surface area contributed by atoms with E-state index in [1.54, 1.807) is 0 Å². The van der Waals surface area contributed by atoms with Crippen LogP contribution in [0, 0.1) is 0 Å². The van der Waals surface area contributed by atoms with Crippen molar-refractivity contribution in [1.82, 2.24) is 4.90 Å². The monoisotopic (exact) mass is 183 g/mol. The first-order chi connectivity index (χ1) is 6.14. The van der Waals surface area contributed by atoms with Gasteiger partial charge in [-0.3, -0.25) is 4.90 Å². The molecule has 2 rings (SSSR count). The van der Waals surface area contributed by atoms with Crippen LogP contribution in [0.25, 0.3) is 0 Å². The highest BCUT2D eigenvalue weighted by Crippen LogP contribution is 2.45. The summed E-state index contributed by atoms with van der Waals surface area (Å²) in [5.41, 5.74) is 0.448. The lowest BCUT2D eigenvalue weighted by molar-refractivity contribution is -0.0960. The first kappa shape index (κ1) is 9.47. The summed E-state index contributed by atoms with van der Waals surface area (Å²) in [5, 5.41) is 0. The quantitative estimate of drug-likeness (QED) is 0.664. The van der Waals surface area contributed by atoms with Gasteiger partial charge in [0.1, 0.15) is 0 Å². The molecule has 0 N–H and O–H groups in total. The standard InChI is InChI=1S/C11H21NO/c1-9(2)13-8-11-5-4-6-12(11)10(3)7-11/h9-10H,4-8H2,1-3H3/t10-,11-/m0/s1. The number of hydrogen-bond donors (Lipinski definition) is 0. The molecule has 0 saturated carbocycles. The average molecular weight is 183 g/mol. The normalized spacial score (nSPS) is 39.2. The number of fused-ring (bicyclic) bond motifs is 1. The van der Waals surface area contributed by atoms with Crippen LogP contribution in [0.5, 0.6) is 0 Å². The van der Waals surface area contributed by atoms with Crippen LogP contribution in [0.1, 0.15) is 40.0 Å². The molecule has 2 heterocycles. The van der Waals surface area contributed by atoms with Crippen LogP contribution in [0.15, 0.2) is 0 Å². The molecular formula is C11H21NO. The third-order valence-electron chi connectivity index (χ3n) is 3.54. The van der Waals surface area contributed by atoms with Crippen molar-refractivity contribution in [3.63, 3.8) is 0 Å². The minimum atomic E-state index is 0.382. The van der Waals surface area contributed by atoms with E-state index in [1.165, 1.54) is 25.8 Å². The first-order valence-electron chi connectivity index (χ1n) is 5.52. The maximum atomic E-state index is 5.76. The van der Waals surface area contributed by atoms with Gasteiger partial charge in [0, 0.05) is 11.6 Å². The van der Waals surface area contributed by atoms with Gasteiger partial charge in [0.05, 0.1) is 12.7 Å². The second-order valence-electron chi connectivity index (χ2n) is 4.93. The SMILES string of the molecule is CC(C)OC[C@@]12CCCN1[C@@H](C)C2. The van der Waals surface area contributed by atoms with Gasteiger partial charge in [-0.15, -0.1) is 0 Å². The van der Waals surface area contributed by atoms with Crippen LogP contribution in [0.3, 0.4) is 0 Å². The Morgan fingerprint density at radius 1 is 1.54 bits per heavy atom. The minimum Gasteiger partial charge on any atom is -0.377 e. The molecule has 0 radical (unpaired) electrons. The molecule has 0 bridgehead atoms. The van der Waals surface area contributed by atoms with E-state index in [9.17, 15) is 0 Å². The molecular weight excluding hydrogens is 162 g/mol. The molecule has 2 saturated heterocycles. The molecule has 2 nitrogen and oxygen atoms in total. The predicted octanol–water partition coefficient (Wildman–Crippen LogP) is 2.04. The van der Waals surface area contributed by atoms with E-state index in [1.807, 2.05) is 0 Å². The van der Waals surface area contributed by atoms with Gasteiger partial charge in [0.2, 0.25) is 0 Å². The average Bonchev–Trinajstić information content (AvgIpc) is 2.39. The number of hydrogen-bond acceptors (Lipinski definition) is 2. The van der Waals surface area contributed by atoms with Crippen molar-refractivity contribution in [1.29, 1.82) is 0 Å². The van der Waals surface area contributed by atoms with E-state index in [0.717, 1.165) is 12.6 Å². The van der Waals surface area contributed by atoms with E-state index in [-0.39, 0.29) is 0 Å². The Hall–Kier alpha value is -0.0800. The molecule has 2 aliphatic heterocycles. The largest absolute Gasteiger partial charge is 0.377 e. The lowest BCUT2D eigenvalue weighted by Crippen LogP contribution is -2.63. The van der Waals surface area contributed by atoms with Gasteiger partial charge < -0.3 is 4.74 Å². The van der Waals surface area contributed by atoms with E-state index >= 15 is 0 Å². The molecule has 0 amide bonds. The van der Waals surface area contributed by atoms with Gasteiger partial charge in [-0.05, 0) is 46.6 Å². The fraction of sp³-hybridized carbons (Fsp3) is 1.00. The predicted molar refractivity (Wildman–Crippen MR) is 53.8 cm³/mol. The molecule has 0 spiro atoms. The van der Waals surface area contributed by atoms with Gasteiger partial charge >= 0.3 is 0 Å². The van der Waals surface area contributed by atoms with Crippen molar-refractivity contribution in [3.8, 4) is 0 Å². The summed E-state index contributed by atoms with van der Waals surface area (Å²) in [6.07, 6.45) is 4.45. The molecule has 2 aliphatic rings. The van der Waals surface area contributed by atoms with Crippen molar-refractivity contribution in [2.75, 3.05) is 13.2 Å². The molecule has 0 aromatic rings. The Balaban J connectivity index is 1.90. The zero-order valence-corrected chi connectivity index (χ0v) is 9.05. The van der Waals surface area contributed by atoms with Crippen LogP contribution < -0.4 is 0 Å². The molecule has 0 aliphatic carbocycles. The summed E-state index contributed by atoms with van der Waals surface area (Å²) >= 11 is 0. The summed E-state index contributed by atoms with van der Waals surface area (Å²) in [4.78, 5) is 2.63. The topological polar surface area (TPSA) is 12.5 Å². The van der Waals surface area contributed by atoms with E-state index in [2.05, 4.69) is 25.7 Å². The summed E-state index contributed by atoms with van der Waals surface area (Å²) < 4.78 is 5.76. The number of rotatable bonds is 3. The molecule has 0 unspecified atom stereocenters. The molecule has 13 heavy (non-hydrogen) atoms. The Morgan fingerprint density at radius 2 is 2.31 bits per heavy atom. The summed E-state index contributed by atoms with van der Waals surface area (Å²) in [6.45, 7) is 8.83. The molecule has 2 atom stereocenters. The van der Waals surface area contributed by atoms with Crippen LogP contribution in [0.2, 0.25) is 0 Å². The smallest absolute Gasteiger partial charge is 0.0654 e. The Bertz CT molecular complexity index is 193. The lowest BCUT2D eigenvalue weighted by Gasteiger charge is -2.53. The zero-order valence-electron chi connectivity index (χ0n) is 9.05. The minimum absolute atomic E-state index is 0.382. The van der Waals surface area contributed by atoms with Gasteiger partial charge in [-0.1, -0.05) is 0 Å². The molecule has 0 aromatic heterocycles. The van der Waals surface area contributed by atoms with Crippen LogP contribution in [-0.2, 0) is 4.74 Å². The Labute approximate surface area is 81.3 Å². The van der Waals surface area contributed by atoms with Crippen molar-refractivity contribution in [3.05, 3.63) is 0 Å². The fourth-order valence-electron chi connectivity index (χ4n) is 2.95. The second kappa shape index (κ2) is 3.25. The highest BCUT2D eigenvalue weighted by Gasteiger charge is 2.52. The van der Waals surface area contributed by atoms with E-state index in [4.69, 9.17) is 4.74 Å². The maximum Gasteiger partial charge on any atom is 0.0654 e. The second-order valence-corrected chi connectivity index (χ2v) is 4.93. The van der Waals surface area contributed by atoms with Crippen molar-refractivity contribution in [2.24, 2.45) is 0 Å². The van der Waals surface area contributed by atoms with Gasteiger partial charge in [0.25, 0.3) is 0 Å². The van der Waals surface area contributed by atoms with Crippen molar-refractivity contribution >= 4 is 0 Å². The first-order valence-corrected chi connectivity index (χ1v) is 5.52. The van der Waals surface area contributed by atoms with Gasteiger partial charge in [-0.25, -0.2) is 0 Å². The van der Waals surface area contributed by atoms with Crippen LogP contribution >= 0.6 is 0 Å². The maximum absolute atomic E-state index is 5.76. The van der Waals surface area contributed by atoms with Crippen molar-refractivity contribution < 1.29 is 4.74 Å². The third-order valence-corrected chi connectivity index (χ3v) is 3.54. The lowest BCUT2D eigenvalue weighted by atomic mass is 9.80. The van der Waals surface area contributed by atoms with Gasteiger partial charge in [0.15, 0.2) is 0 Å². The number of ether oxygens (including phenoxy) is 1. The Kier molecular flexibility index (Phi) is 2.37.